The fraction of sp³-hybridized carbons (Fsp3) is 0.294. The third-order valence-electron chi connectivity index (χ3n) is 4.35. The van der Waals surface area contributed by atoms with Gasteiger partial charge in [-0.2, -0.15) is 4.31 Å². The summed E-state index contributed by atoms with van der Waals surface area (Å²) in [6.45, 7) is 4.00. The van der Waals surface area contributed by atoms with Crippen LogP contribution < -0.4 is 0 Å². The van der Waals surface area contributed by atoms with Crippen LogP contribution in [0.3, 0.4) is 0 Å². The van der Waals surface area contributed by atoms with Crippen molar-refractivity contribution in [3.8, 4) is 0 Å². The van der Waals surface area contributed by atoms with Crippen molar-refractivity contribution in [1.29, 1.82) is 0 Å². The zero-order chi connectivity index (χ0) is 17.5. The third kappa shape index (κ3) is 2.81. The van der Waals surface area contributed by atoms with Crippen LogP contribution in [0.25, 0.3) is 0 Å². The maximum Gasteiger partial charge on any atom is 0.270 e. The molecule has 0 aromatic heterocycles. The Labute approximate surface area is 140 Å². The van der Waals surface area contributed by atoms with Crippen molar-refractivity contribution in [2.45, 2.75) is 37.2 Å². The highest BCUT2D eigenvalue weighted by Crippen LogP contribution is 2.35. The van der Waals surface area contributed by atoms with E-state index in [0.717, 1.165) is 17.2 Å². The molecule has 126 valence electrons. The normalized spacial score (nSPS) is 17.2. The molecule has 6 nitrogen and oxygen atoms in total. The predicted octanol–water partition coefficient (Wildman–Crippen LogP) is 3.12. The summed E-state index contributed by atoms with van der Waals surface area (Å²) in [7, 11) is -3.84. The Kier molecular flexibility index (Phi) is 3.93. The number of fused-ring (bicyclic) bond motifs is 1. The van der Waals surface area contributed by atoms with E-state index in [-0.39, 0.29) is 17.1 Å². The molecule has 0 saturated heterocycles. The molecule has 0 spiro atoms. The number of nitrogens with zero attached hydrogens (tertiary/aromatic N) is 2. The quantitative estimate of drug-likeness (QED) is 0.632. The van der Waals surface area contributed by atoms with E-state index < -0.39 is 20.5 Å². The largest absolute Gasteiger partial charge is 0.270 e. The van der Waals surface area contributed by atoms with E-state index in [1.165, 1.54) is 22.5 Å². The molecule has 7 heteroatoms. The first-order chi connectivity index (χ1) is 11.2. The molecule has 0 aliphatic carbocycles. The highest BCUT2D eigenvalue weighted by Gasteiger charge is 2.41. The molecule has 1 aliphatic rings. The Morgan fingerprint density at radius 2 is 1.75 bits per heavy atom. The fourth-order valence-corrected chi connectivity index (χ4v) is 4.90. The topological polar surface area (TPSA) is 80.5 Å². The number of non-ortho nitro benzene ring substituents is 1. The van der Waals surface area contributed by atoms with Gasteiger partial charge in [0.25, 0.3) is 5.69 Å². The first-order valence-corrected chi connectivity index (χ1v) is 9.00. The van der Waals surface area contributed by atoms with Crippen molar-refractivity contribution < 1.29 is 13.3 Å². The average molecular weight is 346 g/mol. The van der Waals surface area contributed by atoms with Crippen LogP contribution in [0, 0.1) is 10.1 Å². The minimum atomic E-state index is -3.84. The predicted molar refractivity (Wildman–Crippen MR) is 90.1 cm³/mol. The van der Waals surface area contributed by atoms with Gasteiger partial charge in [-0.1, -0.05) is 30.3 Å². The van der Waals surface area contributed by atoms with Crippen molar-refractivity contribution in [2.75, 3.05) is 0 Å². The van der Waals surface area contributed by atoms with E-state index in [9.17, 15) is 18.5 Å². The van der Waals surface area contributed by atoms with Gasteiger partial charge in [0.05, 0.1) is 9.82 Å². The van der Waals surface area contributed by atoms with Gasteiger partial charge in [-0.05, 0) is 37.5 Å². The molecule has 0 radical (unpaired) electrons. The van der Waals surface area contributed by atoms with Gasteiger partial charge in [-0.3, -0.25) is 10.1 Å². The monoisotopic (exact) mass is 346 g/mol. The molecule has 0 atom stereocenters. The minimum Gasteiger partial charge on any atom is -0.258 e. The summed E-state index contributed by atoms with van der Waals surface area (Å²) in [5.74, 6) is 0. The summed E-state index contributed by atoms with van der Waals surface area (Å²) in [6, 6.07) is 13.0. The third-order valence-corrected chi connectivity index (χ3v) is 6.40. The fourth-order valence-electron chi connectivity index (χ4n) is 3.10. The average Bonchev–Trinajstić information content (AvgIpc) is 2.53. The molecular weight excluding hydrogens is 328 g/mol. The Morgan fingerprint density at radius 1 is 1.08 bits per heavy atom. The van der Waals surface area contributed by atoms with Gasteiger partial charge in [-0.25, -0.2) is 8.42 Å². The van der Waals surface area contributed by atoms with Gasteiger partial charge < -0.3 is 0 Å². The van der Waals surface area contributed by atoms with Crippen molar-refractivity contribution in [3.63, 3.8) is 0 Å². The smallest absolute Gasteiger partial charge is 0.258 e. The van der Waals surface area contributed by atoms with E-state index in [1.807, 2.05) is 38.1 Å². The van der Waals surface area contributed by atoms with Crippen LogP contribution in [0.5, 0.6) is 0 Å². The highest BCUT2D eigenvalue weighted by molar-refractivity contribution is 7.89. The number of hydrogen-bond acceptors (Lipinski definition) is 4. The Morgan fingerprint density at radius 3 is 2.42 bits per heavy atom. The zero-order valence-corrected chi connectivity index (χ0v) is 14.3. The van der Waals surface area contributed by atoms with Crippen LogP contribution in [0.1, 0.15) is 25.0 Å². The second-order valence-corrected chi connectivity index (χ2v) is 8.39. The standard InChI is InChI=1S/C17H18N2O4S/c1-17(2)11-13-6-3-4-7-14(13)12-18(17)24(22,23)16-9-5-8-15(10-16)19(20)21/h3-10H,11-12H2,1-2H3. The molecule has 1 aliphatic heterocycles. The molecule has 0 fully saturated rings. The van der Waals surface area contributed by atoms with Crippen LogP contribution >= 0.6 is 0 Å². The number of nitro benzene ring substituents is 1. The number of benzene rings is 2. The van der Waals surface area contributed by atoms with Crippen LogP contribution in [0.4, 0.5) is 5.69 Å². The van der Waals surface area contributed by atoms with Gasteiger partial charge in [0.15, 0.2) is 0 Å². The van der Waals surface area contributed by atoms with E-state index >= 15 is 0 Å². The van der Waals surface area contributed by atoms with Crippen LogP contribution in [0.15, 0.2) is 53.4 Å². The molecule has 24 heavy (non-hydrogen) atoms. The van der Waals surface area contributed by atoms with Crippen LogP contribution in [0.2, 0.25) is 0 Å². The first-order valence-electron chi connectivity index (χ1n) is 7.56. The maximum absolute atomic E-state index is 13.1. The lowest BCUT2D eigenvalue weighted by Gasteiger charge is -2.42. The van der Waals surface area contributed by atoms with Crippen molar-refractivity contribution in [1.82, 2.24) is 4.31 Å². The van der Waals surface area contributed by atoms with Gasteiger partial charge in [-0.15, -0.1) is 0 Å². The SMILES string of the molecule is CC1(C)Cc2ccccc2CN1S(=O)(=O)c1cccc([N+](=O)[O-])c1. The van der Waals surface area contributed by atoms with Crippen molar-refractivity contribution in [2.24, 2.45) is 0 Å². The van der Waals surface area contributed by atoms with E-state index in [1.54, 1.807) is 0 Å². The molecule has 3 rings (SSSR count). The second kappa shape index (κ2) is 5.68. The van der Waals surface area contributed by atoms with Crippen LogP contribution in [-0.2, 0) is 23.0 Å². The summed E-state index contributed by atoms with van der Waals surface area (Å²) in [5, 5.41) is 10.9. The maximum atomic E-state index is 13.1. The van der Waals surface area contributed by atoms with Crippen molar-refractivity contribution >= 4 is 15.7 Å². The second-order valence-electron chi connectivity index (χ2n) is 6.52. The van der Waals surface area contributed by atoms with Crippen LogP contribution in [-0.4, -0.2) is 23.2 Å². The molecule has 0 bridgehead atoms. The lowest BCUT2D eigenvalue weighted by Crippen LogP contribution is -2.51. The number of hydrogen-bond donors (Lipinski definition) is 0. The summed E-state index contributed by atoms with van der Waals surface area (Å²) >= 11 is 0. The molecule has 0 saturated carbocycles. The number of sulfonamides is 1. The number of rotatable bonds is 3. The summed E-state index contributed by atoms with van der Waals surface area (Å²) in [5.41, 5.74) is 1.25. The molecule has 2 aromatic carbocycles. The zero-order valence-electron chi connectivity index (χ0n) is 13.5. The van der Waals surface area contributed by atoms with Gasteiger partial charge in [0.1, 0.15) is 0 Å². The molecule has 0 N–H and O–H groups in total. The highest BCUT2D eigenvalue weighted by atomic mass is 32.2. The van der Waals surface area contributed by atoms with Gasteiger partial charge in [0.2, 0.25) is 10.0 Å². The van der Waals surface area contributed by atoms with Gasteiger partial charge in [0, 0.05) is 24.2 Å². The lowest BCUT2D eigenvalue weighted by molar-refractivity contribution is -0.385. The van der Waals surface area contributed by atoms with E-state index in [0.29, 0.717) is 6.42 Å². The summed E-state index contributed by atoms with van der Waals surface area (Å²) in [6.07, 6.45) is 0.595. The molecule has 1 heterocycles. The van der Waals surface area contributed by atoms with Crippen molar-refractivity contribution in [3.05, 3.63) is 69.8 Å². The first kappa shape index (κ1) is 16.6. The Balaban J connectivity index is 2.06. The molecule has 2 aromatic rings. The number of nitro groups is 1. The summed E-state index contributed by atoms with van der Waals surface area (Å²) in [4.78, 5) is 10.3. The lowest BCUT2D eigenvalue weighted by atomic mass is 9.88. The van der Waals surface area contributed by atoms with Gasteiger partial charge >= 0.3 is 0 Å². The minimum absolute atomic E-state index is 0.0517. The Bertz CT molecular complexity index is 906. The molecule has 0 unspecified atom stereocenters. The Hall–Kier alpha value is -2.25. The van der Waals surface area contributed by atoms with E-state index in [4.69, 9.17) is 0 Å². The molecular formula is C17H18N2O4S. The summed E-state index contributed by atoms with van der Waals surface area (Å²) < 4.78 is 27.6. The molecule has 0 amide bonds. The van der Waals surface area contributed by atoms with E-state index in [2.05, 4.69) is 0 Å².